The molecule has 0 saturated heterocycles. The van der Waals surface area contributed by atoms with Crippen LogP contribution in [-0.4, -0.2) is 45.3 Å². The smallest absolute Gasteiger partial charge is 0.326 e. The van der Waals surface area contributed by atoms with Crippen molar-refractivity contribution in [2.24, 2.45) is 0 Å². The number of nitrogens with two attached hydrogens (primary N) is 1. The number of rotatable bonds is 6. The van der Waals surface area contributed by atoms with E-state index in [9.17, 15) is 14.0 Å². The molecule has 0 bridgehead atoms. The van der Waals surface area contributed by atoms with Crippen LogP contribution in [0.15, 0.2) is 24.3 Å². The number of fused-ring (bicyclic) bond motifs is 1. The topological polar surface area (TPSA) is 134 Å². The molecule has 0 radical (unpaired) electrons. The van der Waals surface area contributed by atoms with Gasteiger partial charge in [-0.3, -0.25) is 9.59 Å². The number of ether oxygens (including phenoxy) is 2. The highest BCUT2D eigenvalue weighted by Gasteiger charge is 2.53. The Balaban J connectivity index is 1.79. The van der Waals surface area contributed by atoms with Gasteiger partial charge in [0.15, 0.2) is 11.2 Å². The number of hydrogen-bond acceptors (Lipinski definition) is 8. The van der Waals surface area contributed by atoms with Crippen LogP contribution in [0, 0.1) is 12.7 Å². The zero-order chi connectivity index (χ0) is 23.9. The summed E-state index contributed by atoms with van der Waals surface area (Å²) in [5, 5.41) is 7.11. The highest BCUT2D eigenvalue weighted by Crippen LogP contribution is 2.42. The fourth-order valence-electron chi connectivity index (χ4n) is 3.89. The van der Waals surface area contributed by atoms with Crippen LogP contribution in [0.3, 0.4) is 0 Å². The Morgan fingerprint density at radius 1 is 1.30 bits per heavy atom. The third-order valence-electron chi connectivity index (χ3n) is 5.62. The first-order valence-electron chi connectivity index (χ1n) is 10.2. The molecule has 3 aromatic rings. The first-order chi connectivity index (χ1) is 15.7. The van der Waals surface area contributed by atoms with E-state index < -0.39 is 17.3 Å². The van der Waals surface area contributed by atoms with Crippen LogP contribution in [0.1, 0.15) is 30.5 Å². The number of aromatic nitrogens is 4. The molecule has 1 unspecified atom stereocenters. The van der Waals surface area contributed by atoms with Crippen molar-refractivity contribution in [1.29, 1.82) is 0 Å². The van der Waals surface area contributed by atoms with Gasteiger partial charge in [-0.05, 0) is 26.8 Å². The number of methoxy groups -OCH3 is 1. The van der Waals surface area contributed by atoms with Gasteiger partial charge in [-0.2, -0.15) is 5.10 Å². The molecular formula is C22H23FN6O4. The van der Waals surface area contributed by atoms with E-state index in [1.165, 1.54) is 24.8 Å². The molecule has 0 aliphatic carbocycles. The van der Waals surface area contributed by atoms with E-state index in [-0.39, 0.29) is 42.0 Å². The summed E-state index contributed by atoms with van der Waals surface area (Å²) in [6, 6.07) is 6.36. The molecular weight excluding hydrogens is 431 g/mol. The normalized spacial score (nSPS) is 16.9. The van der Waals surface area contributed by atoms with E-state index in [1.54, 1.807) is 32.0 Å². The molecule has 0 fully saturated rings. The number of benzene rings is 1. The summed E-state index contributed by atoms with van der Waals surface area (Å²) in [6.45, 7) is 5.05. The van der Waals surface area contributed by atoms with E-state index in [4.69, 9.17) is 15.2 Å². The lowest BCUT2D eigenvalue weighted by Gasteiger charge is -2.20. The molecule has 172 valence electrons. The van der Waals surface area contributed by atoms with Crippen LogP contribution in [0.25, 0.3) is 11.5 Å². The number of nitrogen functional groups attached to an aromatic ring is 1. The molecule has 11 heteroatoms. The van der Waals surface area contributed by atoms with Gasteiger partial charge in [-0.1, -0.05) is 18.2 Å². The van der Waals surface area contributed by atoms with E-state index in [0.29, 0.717) is 22.7 Å². The molecule has 1 amide bonds. The Kier molecular flexibility index (Phi) is 5.48. The lowest BCUT2D eigenvalue weighted by molar-refractivity contribution is -0.152. The van der Waals surface area contributed by atoms with Crippen molar-refractivity contribution in [3.8, 4) is 17.4 Å². The number of halogens is 1. The molecule has 33 heavy (non-hydrogen) atoms. The van der Waals surface area contributed by atoms with Crippen LogP contribution in [0.2, 0.25) is 0 Å². The molecule has 4 rings (SSSR count). The highest BCUT2D eigenvalue weighted by atomic mass is 19.1. The summed E-state index contributed by atoms with van der Waals surface area (Å²) in [5.41, 5.74) is 6.06. The number of esters is 1. The average Bonchev–Trinajstić information content (AvgIpc) is 3.23. The van der Waals surface area contributed by atoms with Gasteiger partial charge in [0.05, 0.1) is 25.8 Å². The van der Waals surface area contributed by atoms with E-state index in [2.05, 4.69) is 20.4 Å². The highest BCUT2D eigenvalue weighted by molar-refractivity contribution is 6.19. The van der Waals surface area contributed by atoms with Crippen molar-refractivity contribution in [1.82, 2.24) is 19.7 Å². The van der Waals surface area contributed by atoms with Gasteiger partial charge in [0.2, 0.25) is 11.8 Å². The Morgan fingerprint density at radius 3 is 2.70 bits per heavy atom. The Labute approximate surface area is 188 Å². The molecule has 1 aliphatic heterocycles. The molecule has 0 spiro atoms. The first kappa shape index (κ1) is 22.2. The van der Waals surface area contributed by atoms with Gasteiger partial charge >= 0.3 is 5.97 Å². The fourth-order valence-corrected chi connectivity index (χ4v) is 3.89. The molecule has 1 aromatic carbocycles. The van der Waals surface area contributed by atoms with Crippen LogP contribution in [-0.2, 0) is 26.3 Å². The standard InChI is InChI=1S/C22H23FN6O4/c1-5-33-21(31)22(3)14-16(24)25-18(26-17(14)27-20(22)30)15-11(2)19(32-4)29(28-15)10-12-8-6-7-9-13(12)23/h6-9H,5,10H2,1-4H3,(H3,24,25,26,27,30). The van der Waals surface area contributed by atoms with Crippen LogP contribution in [0.4, 0.5) is 16.0 Å². The second-order valence-corrected chi connectivity index (χ2v) is 7.69. The van der Waals surface area contributed by atoms with Gasteiger partial charge in [-0.15, -0.1) is 0 Å². The second-order valence-electron chi connectivity index (χ2n) is 7.69. The number of nitrogens with one attached hydrogen (secondary N) is 1. The number of anilines is 2. The summed E-state index contributed by atoms with van der Waals surface area (Å²) < 4.78 is 26.2. The number of nitrogens with zero attached hydrogens (tertiary/aromatic N) is 4. The summed E-state index contributed by atoms with van der Waals surface area (Å²) in [4.78, 5) is 33.9. The van der Waals surface area contributed by atoms with E-state index in [1.807, 2.05) is 0 Å². The van der Waals surface area contributed by atoms with E-state index in [0.717, 1.165) is 0 Å². The zero-order valence-electron chi connectivity index (χ0n) is 18.6. The van der Waals surface area contributed by atoms with Gasteiger partial charge in [0, 0.05) is 11.1 Å². The number of carbonyl (C=O) groups excluding carboxylic acids is 2. The summed E-state index contributed by atoms with van der Waals surface area (Å²) in [6.07, 6.45) is 0. The molecule has 3 N–H and O–H groups in total. The van der Waals surface area contributed by atoms with Crippen molar-refractivity contribution in [2.75, 3.05) is 24.8 Å². The Morgan fingerprint density at radius 2 is 2.03 bits per heavy atom. The Hall–Kier alpha value is -4.02. The third-order valence-corrected chi connectivity index (χ3v) is 5.62. The summed E-state index contributed by atoms with van der Waals surface area (Å²) in [7, 11) is 1.48. The molecule has 2 aromatic heterocycles. The molecule has 1 atom stereocenters. The SMILES string of the molecule is CCOC(=O)C1(C)C(=O)Nc2nc(-c3nn(Cc4ccccc4F)c(OC)c3C)nc(N)c21. The predicted octanol–water partition coefficient (Wildman–Crippen LogP) is 2.20. The zero-order valence-corrected chi connectivity index (χ0v) is 18.6. The maximum absolute atomic E-state index is 14.2. The van der Waals surface area contributed by atoms with Crippen molar-refractivity contribution in [3.05, 3.63) is 46.8 Å². The molecule has 3 heterocycles. The van der Waals surface area contributed by atoms with E-state index >= 15 is 0 Å². The fraction of sp³-hybridized carbons (Fsp3) is 0.318. The monoisotopic (exact) mass is 454 g/mol. The van der Waals surface area contributed by atoms with Gasteiger partial charge in [0.25, 0.3) is 0 Å². The van der Waals surface area contributed by atoms with Crippen molar-refractivity contribution in [3.63, 3.8) is 0 Å². The summed E-state index contributed by atoms with van der Waals surface area (Å²) in [5.74, 6) is -1.12. The number of hydrogen-bond donors (Lipinski definition) is 2. The minimum Gasteiger partial charge on any atom is -0.481 e. The van der Waals surface area contributed by atoms with Crippen molar-refractivity contribution in [2.45, 2.75) is 32.7 Å². The maximum atomic E-state index is 14.2. The van der Waals surface area contributed by atoms with Crippen molar-refractivity contribution >= 4 is 23.5 Å². The lowest BCUT2D eigenvalue weighted by Crippen LogP contribution is -2.41. The number of amides is 1. The first-order valence-corrected chi connectivity index (χ1v) is 10.2. The largest absolute Gasteiger partial charge is 0.481 e. The van der Waals surface area contributed by atoms with Crippen LogP contribution >= 0.6 is 0 Å². The van der Waals surface area contributed by atoms with Gasteiger partial charge in [0.1, 0.15) is 23.1 Å². The quantitative estimate of drug-likeness (QED) is 0.428. The molecule has 0 saturated carbocycles. The van der Waals surface area contributed by atoms with Crippen LogP contribution < -0.4 is 15.8 Å². The van der Waals surface area contributed by atoms with Gasteiger partial charge in [-0.25, -0.2) is 19.0 Å². The number of carbonyl (C=O) groups is 2. The maximum Gasteiger partial charge on any atom is 0.326 e. The minimum atomic E-state index is -1.66. The predicted molar refractivity (Wildman–Crippen MR) is 117 cm³/mol. The van der Waals surface area contributed by atoms with Crippen LogP contribution in [0.5, 0.6) is 5.88 Å². The summed E-state index contributed by atoms with van der Waals surface area (Å²) >= 11 is 0. The van der Waals surface area contributed by atoms with Crippen molar-refractivity contribution < 1.29 is 23.5 Å². The third kappa shape index (κ3) is 3.45. The molecule has 1 aliphatic rings. The average molecular weight is 454 g/mol. The minimum absolute atomic E-state index is 0.0501. The lowest BCUT2D eigenvalue weighted by atomic mass is 9.84. The Bertz CT molecular complexity index is 1270. The molecule has 10 nitrogen and oxygen atoms in total. The van der Waals surface area contributed by atoms with Gasteiger partial charge < -0.3 is 20.5 Å². The second kappa shape index (κ2) is 8.15.